The van der Waals surface area contributed by atoms with Crippen LogP contribution in [0.1, 0.15) is 44.6 Å². The molecule has 0 spiro atoms. The van der Waals surface area contributed by atoms with Crippen LogP contribution in [0, 0.1) is 12.8 Å². The fraction of sp³-hybridized carbons (Fsp3) is 0.500. The van der Waals surface area contributed by atoms with Crippen molar-refractivity contribution >= 4 is 12.0 Å². The largest absolute Gasteiger partial charge is 0.444 e. The molecule has 0 saturated carbocycles. The van der Waals surface area contributed by atoms with Gasteiger partial charge in [0.1, 0.15) is 11.9 Å². The number of nitrogens with zero attached hydrogens (tertiary/aromatic N) is 5. The van der Waals surface area contributed by atoms with E-state index in [2.05, 4.69) is 15.0 Å². The van der Waals surface area contributed by atoms with E-state index >= 15 is 0 Å². The predicted molar refractivity (Wildman–Crippen MR) is 96.9 cm³/mol. The molecule has 0 aliphatic carbocycles. The summed E-state index contributed by atoms with van der Waals surface area (Å²) in [7, 11) is 0. The van der Waals surface area contributed by atoms with Crippen LogP contribution in [0.4, 0.5) is 4.79 Å². The second-order valence-corrected chi connectivity index (χ2v) is 7.62. The number of carbonyl (C=O) groups excluding carboxylic acids is 2. The summed E-state index contributed by atoms with van der Waals surface area (Å²) in [6, 6.07) is 1.17. The highest BCUT2D eigenvalue weighted by atomic mass is 16.6. The second kappa shape index (κ2) is 6.98. The molecule has 1 aliphatic rings. The summed E-state index contributed by atoms with van der Waals surface area (Å²) in [5.74, 6) is -0.587. The quantitative estimate of drug-likeness (QED) is 0.877. The van der Waals surface area contributed by atoms with Gasteiger partial charge in [-0.05, 0) is 40.2 Å². The number of aryl methyl sites for hydroxylation is 1. The highest BCUT2D eigenvalue weighted by Crippen LogP contribution is 2.37. The Morgan fingerprint density at radius 1 is 1.30 bits per heavy atom. The Hall–Kier alpha value is -2.97. The van der Waals surface area contributed by atoms with Crippen LogP contribution >= 0.6 is 0 Å². The van der Waals surface area contributed by atoms with E-state index in [-0.39, 0.29) is 0 Å². The number of rotatable bonds is 3. The summed E-state index contributed by atoms with van der Waals surface area (Å²) >= 11 is 0. The first-order valence-electron chi connectivity index (χ1n) is 8.78. The monoisotopic (exact) mass is 372 g/mol. The van der Waals surface area contributed by atoms with Gasteiger partial charge in [0.25, 0.3) is 0 Å². The second-order valence-electron chi connectivity index (χ2n) is 7.62. The van der Waals surface area contributed by atoms with E-state index in [4.69, 9.17) is 10.5 Å². The Morgan fingerprint density at radius 2 is 2.04 bits per heavy atom. The molecule has 0 bridgehead atoms. The lowest BCUT2D eigenvalue weighted by atomic mass is 9.96. The molecule has 1 fully saturated rings. The number of imidazole rings is 1. The average Bonchev–Trinajstić information content (AvgIpc) is 3.22. The zero-order valence-electron chi connectivity index (χ0n) is 15.9. The minimum Gasteiger partial charge on any atom is -0.444 e. The number of likely N-dealkylation sites (tertiary alicyclic amines) is 1. The Labute approximate surface area is 157 Å². The van der Waals surface area contributed by atoms with Crippen LogP contribution in [0.25, 0.3) is 5.95 Å². The van der Waals surface area contributed by atoms with Gasteiger partial charge in [0, 0.05) is 24.6 Å². The molecule has 9 heteroatoms. The highest BCUT2D eigenvalue weighted by Gasteiger charge is 2.43. The number of amides is 2. The molecule has 2 unspecified atom stereocenters. The van der Waals surface area contributed by atoms with Crippen molar-refractivity contribution < 1.29 is 14.3 Å². The fourth-order valence-electron chi connectivity index (χ4n) is 3.20. The number of hydrogen-bond acceptors (Lipinski definition) is 6. The number of carbonyl (C=O) groups is 2. The molecule has 0 aromatic carbocycles. The summed E-state index contributed by atoms with van der Waals surface area (Å²) in [4.78, 5) is 39.2. The Balaban J connectivity index is 2.01. The van der Waals surface area contributed by atoms with Crippen molar-refractivity contribution in [3.63, 3.8) is 0 Å². The molecule has 1 saturated heterocycles. The van der Waals surface area contributed by atoms with Crippen LogP contribution in [0.2, 0.25) is 0 Å². The SMILES string of the molecule is Cc1cc(C2C(C(N)=O)CCN2C(=O)OC(C)(C)C)nc(-n2ccnc2)n1. The molecular formula is C18H24N6O3. The van der Waals surface area contributed by atoms with Crippen molar-refractivity contribution in [3.05, 3.63) is 36.2 Å². The number of nitrogens with two attached hydrogens (primary N) is 1. The van der Waals surface area contributed by atoms with Crippen LogP contribution in [0.15, 0.2) is 24.8 Å². The lowest BCUT2D eigenvalue weighted by Gasteiger charge is -2.30. The maximum absolute atomic E-state index is 12.7. The van der Waals surface area contributed by atoms with Gasteiger partial charge >= 0.3 is 6.09 Å². The molecule has 9 nitrogen and oxygen atoms in total. The van der Waals surface area contributed by atoms with Crippen LogP contribution in [0.3, 0.4) is 0 Å². The lowest BCUT2D eigenvalue weighted by molar-refractivity contribution is -0.122. The summed E-state index contributed by atoms with van der Waals surface area (Å²) in [6.07, 6.45) is 4.91. The third-order valence-corrected chi connectivity index (χ3v) is 4.29. The molecule has 2 aromatic heterocycles. The standard InChI is InChI=1S/C18H24N6O3/c1-11-9-13(22-16(21-11)23-8-6-20-10-23)14-12(15(19)25)5-7-24(14)17(26)27-18(2,3)4/h6,8-10,12,14H,5,7H2,1-4H3,(H2,19,25). The van der Waals surface area contributed by atoms with Crippen LogP contribution in [0.5, 0.6) is 0 Å². The third-order valence-electron chi connectivity index (χ3n) is 4.29. The predicted octanol–water partition coefficient (Wildman–Crippen LogP) is 1.75. The van der Waals surface area contributed by atoms with Gasteiger partial charge in [-0.25, -0.2) is 19.7 Å². The average molecular weight is 372 g/mol. The summed E-state index contributed by atoms with van der Waals surface area (Å²) in [6.45, 7) is 7.60. The summed E-state index contributed by atoms with van der Waals surface area (Å²) in [5, 5.41) is 0. The smallest absolute Gasteiger partial charge is 0.410 e. The lowest BCUT2D eigenvalue weighted by Crippen LogP contribution is -2.39. The summed E-state index contributed by atoms with van der Waals surface area (Å²) in [5.41, 5.74) is 6.23. The van der Waals surface area contributed by atoms with Gasteiger partial charge in [0.05, 0.1) is 17.7 Å². The zero-order valence-corrected chi connectivity index (χ0v) is 15.9. The van der Waals surface area contributed by atoms with Crippen LogP contribution < -0.4 is 5.73 Å². The Kier molecular flexibility index (Phi) is 4.86. The molecule has 2 N–H and O–H groups in total. The third kappa shape index (κ3) is 4.07. The minimum absolute atomic E-state index is 0.372. The highest BCUT2D eigenvalue weighted by molar-refractivity contribution is 5.80. The number of aromatic nitrogens is 4. The molecule has 2 atom stereocenters. The zero-order chi connectivity index (χ0) is 19.8. The van der Waals surface area contributed by atoms with Crippen molar-refractivity contribution in [1.82, 2.24) is 24.4 Å². The van der Waals surface area contributed by atoms with E-state index in [0.29, 0.717) is 30.3 Å². The molecule has 144 valence electrons. The summed E-state index contributed by atoms with van der Waals surface area (Å²) < 4.78 is 7.18. The topological polar surface area (TPSA) is 116 Å². The van der Waals surface area contributed by atoms with E-state index in [1.165, 1.54) is 4.90 Å². The first kappa shape index (κ1) is 18.8. The molecule has 1 aliphatic heterocycles. The van der Waals surface area contributed by atoms with Gasteiger partial charge in [-0.2, -0.15) is 0 Å². The molecular weight excluding hydrogens is 348 g/mol. The maximum atomic E-state index is 12.7. The molecule has 0 radical (unpaired) electrons. The first-order valence-corrected chi connectivity index (χ1v) is 8.78. The van der Waals surface area contributed by atoms with Crippen molar-refractivity contribution in [1.29, 1.82) is 0 Å². The first-order chi connectivity index (χ1) is 12.7. The van der Waals surface area contributed by atoms with Crippen molar-refractivity contribution in [3.8, 4) is 5.95 Å². The van der Waals surface area contributed by atoms with Crippen molar-refractivity contribution in [2.45, 2.75) is 45.8 Å². The van der Waals surface area contributed by atoms with Gasteiger partial charge in [0.2, 0.25) is 11.9 Å². The Morgan fingerprint density at radius 3 is 2.63 bits per heavy atom. The van der Waals surface area contributed by atoms with Gasteiger partial charge in [-0.15, -0.1) is 0 Å². The molecule has 3 rings (SSSR count). The van der Waals surface area contributed by atoms with Crippen LogP contribution in [-0.2, 0) is 9.53 Å². The molecule has 27 heavy (non-hydrogen) atoms. The molecule has 2 aromatic rings. The van der Waals surface area contributed by atoms with Gasteiger partial charge < -0.3 is 10.5 Å². The van der Waals surface area contributed by atoms with Crippen molar-refractivity contribution in [2.24, 2.45) is 11.7 Å². The van der Waals surface area contributed by atoms with Gasteiger partial charge in [-0.3, -0.25) is 14.3 Å². The normalized spacial score (nSPS) is 19.9. The van der Waals surface area contributed by atoms with Crippen LogP contribution in [-0.4, -0.2) is 48.6 Å². The molecule has 3 heterocycles. The van der Waals surface area contributed by atoms with Crippen molar-refractivity contribution in [2.75, 3.05) is 6.54 Å². The minimum atomic E-state index is -0.643. The van der Waals surface area contributed by atoms with E-state index in [9.17, 15) is 9.59 Å². The molecule has 2 amide bonds. The number of ether oxygens (including phenoxy) is 1. The van der Waals surface area contributed by atoms with E-state index in [0.717, 1.165) is 0 Å². The fourth-order valence-corrected chi connectivity index (χ4v) is 3.20. The number of primary amides is 1. The van der Waals surface area contributed by atoms with E-state index in [1.807, 2.05) is 6.92 Å². The van der Waals surface area contributed by atoms with Gasteiger partial charge in [0.15, 0.2) is 0 Å². The van der Waals surface area contributed by atoms with E-state index in [1.54, 1.807) is 50.1 Å². The number of hydrogen-bond donors (Lipinski definition) is 1. The van der Waals surface area contributed by atoms with E-state index < -0.39 is 29.6 Å². The Bertz CT molecular complexity index is 843. The van der Waals surface area contributed by atoms with Gasteiger partial charge in [-0.1, -0.05) is 0 Å². The maximum Gasteiger partial charge on any atom is 0.410 e.